The third-order valence-corrected chi connectivity index (χ3v) is 3.20. The zero-order chi connectivity index (χ0) is 14.5. The van der Waals surface area contributed by atoms with E-state index in [4.69, 9.17) is 0 Å². The van der Waals surface area contributed by atoms with Crippen molar-refractivity contribution in [1.29, 1.82) is 0 Å². The second kappa shape index (κ2) is 6.47. The highest BCUT2D eigenvalue weighted by atomic mass is 79.9. The van der Waals surface area contributed by atoms with E-state index in [0.717, 1.165) is 21.4 Å². The molecular weight excluding hydrogens is 320 g/mol. The van der Waals surface area contributed by atoms with Crippen LogP contribution in [0.3, 0.4) is 0 Å². The first-order valence-electron chi connectivity index (χ1n) is 6.13. The highest BCUT2D eigenvalue weighted by Crippen LogP contribution is 2.08. The number of carbonyl (C=O) groups is 1. The van der Waals surface area contributed by atoms with Crippen LogP contribution in [0.25, 0.3) is 0 Å². The van der Waals surface area contributed by atoms with Crippen molar-refractivity contribution >= 4 is 28.1 Å². The van der Waals surface area contributed by atoms with Gasteiger partial charge in [-0.15, -0.1) is 0 Å². The molecule has 20 heavy (non-hydrogen) atoms. The molecule has 5 nitrogen and oxygen atoms in total. The third-order valence-electron chi connectivity index (χ3n) is 2.67. The molecule has 0 bridgehead atoms. The second-order valence-corrected chi connectivity index (χ2v) is 5.35. The number of rotatable bonds is 4. The molecule has 1 amide bonds. The van der Waals surface area contributed by atoms with E-state index in [1.807, 2.05) is 44.2 Å². The average molecular weight is 335 g/mol. The summed E-state index contributed by atoms with van der Waals surface area (Å²) >= 11 is 3.36. The average Bonchev–Trinajstić information content (AvgIpc) is 2.70. The zero-order valence-corrected chi connectivity index (χ0v) is 12.9. The molecule has 0 saturated carbocycles. The van der Waals surface area contributed by atoms with Crippen LogP contribution in [0.2, 0.25) is 0 Å². The van der Waals surface area contributed by atoms with Crippen molar-refractivity contribution in [3.05, 3.63) is 51.8 Å². The molecule has 0 fully saturated rings. The molecule has 1 N–H and O–H groups in total. The Morgan fingerprint density at radius 2 is 2.10 bits per heavy atom. The van der Waals surface area contributed by atoms with Gasteiger partial charge in [-0.3, -0.25) is 9.48 Å². The number of nitrogens with zero attached hydrogens (tertiary/aromatic N) is 3. The lowest BCUT2D eigenvalue weighted by molar-refractivity contribution is -0.121. The largest absolute Gasteiger partial charge is 0.271 e. The summed E-state index contributed by atoms with van der Waals surface area (Å²) in [5.41, 5.74) is 5.26. The van der Waals surface area contributed by atoms with Crippen molar-refractivity contribution < 1.29 is 4.79 Å². The molecule has 1 aromatic heterocycles. The summed E-state index contributed by atoms with van der Waals surface area (Å²) in [6.07, 6.45) is 1.60. The number of aromatic nitrogens is 2. The molecule has 104 valence electrons. The lowest BCUT2D eigenvalue weighted by atomic mass is 10.2. The fourth-order valence-electron chi connectivity index (χ4n) is 1.73. The van der Waals surface area contributed by atoms with E-state index in [9.17, 15) is 4.79 Å². The number of amides is 1. The van der Waals surface area contributed by atoms with Crippen molar-refractivity contribution in [3.63, 3.8) is 0 Å². The predicted molar refractivity (Wildman–Crippen MR) is 81.6 cm³/mol. The zero-order valence-electron chi connectivity index (χ0n) is 11.3. The van der Waals surface area contributed by atoms with Crippen LogP contribution < -0.4 is 5.43 Å². The molecule has 2 aromatic rings. The van der Waals surface area contributed by atoms with Gasteiger partial charge in [0, 0.05) is 10.2 Å². The minimum Gasteiger partial charge on any atom is -0.271 e. The molecule has 0 radical (unpaired) electrons. The van der Waals surface area contributed by atoms with E-state index < -0.39 is 0 Å². The van der Waals surface area contributed by atoms with Crippen LogP contribution in [0.1, 0.15) is 17.0 Å². The Labute approximate surface area is 125 Å². The Morgan fingerprint density at radius 1 is 1.40 bits per heavy atom. The summed E-state index contributed by atoms with van der Waals surface area (Å²) in [5, 5.41) is 8.15. The number of hydrogen-bond donors (Lipinski definition) is 1. The topological polar surface area (TPSA) is 59.3 Å². The number of aryl methyl sites for hydroxylation is 2. The third kappa shape index (κ3) is 4.03. The van der Waals surface area contributed by atoms with Gasteiger partial charge in [-0.25, -0.2) is 5.43 Å². The molecular formula is C14H15BrN4O. The molecule has 0 unspecified atom stereocenters. The van der Waals surface area contributed by atoms with Gasteiger partial charge in [-0.05, 0) is 37.6 Å². The van der Waals surface area contributed by atoms with Crippen LogP contribution >= 0.6 is 15.9 Å². The van der Waals surface area contributed by atoms with Crippen LogP contribution in [-0.2, 0) is 11.3 Å². The molecule has 2 rings (SSSR count). The number of nitrogens with one attached hydrogen (secondary N) is 1. The van der Waals surface area contributed by atoms with E-state index in [2.05, 4.69) is 31.6 Å². The first kappa shape index (κ1) is 14.5. The maximum atomic E-state index is 11.7. The lowest BCUT2D eigenvalue weighted by Crippen LogP contribution is -2.24. The molecule has 1 heterocycles. The van der Waals surface area contributed by atoms with Crippen molar-refractivity contribution in [2.45, 2.75) is 20.4 Å². The van der Waals surface area contributed by atoms with E-state index >= 15 is 0 Å². The molecule has 0 aliphatic carbocycles. The van der Waals surface area contributed by atoms with Crippen LogP contribution in [0.4, 0.5) is 0 Å². The van der Waals surface area contributed by atoms with E-state index in [1.165, 1.54) is 0 Å². The quantitative estimate of drug-likeness (QED) is 0.689. The lowest BCUT2D eigenvalue weighted by Gasteiger charge is -2.02. The normalized spacial score (nSPS) is 10.9. The summed E-state index contributed by atoms with van der Waals surface area (Å²) < 4.78 is 2.66. The van der Waals surface area contributed by atoms with Crippen molar-refractivity contribution in [3.8, 4) is 0 Å². The van der Waals surface area contributed by atoms with Gasteiger partial charge in [0.15, 0.2) is 0 Å². The summed E-state index contributed by atoms with van der Waals surface area (Å²) in [4.78, 5) is 11.7. The van der Waals surface area contributed by atoms with E-state index in [0.29, 0.717) is 0 Å². The second-order valence-electron chi connectivity index (χ2n) is 4.43. The molecule has 1 aromatic carbocycles. The smallest absolute Gasteiger partial charge is 0.261 e. The Morgan fingerprint density at radius 3 is 2.70 bits per heavy atom. The van der Waals surface area contributed by atoms with Crippen LogP contribution in [0.15, 0.2) is 39.9 Å². The monoisotopic (exact) mass is 334 g/mol. The summed E-state index contributed by atoms with van der Waals surface area (Å²) in [5.74, 6) is -0.204. The van der Waals surface area contributed by atoms with Crippen molar-refractivity contribution in [2.75, 3.05) is 0 Å². The minimum atomic E-state index is -0.204. The molecule has 0 spiro atoms. The standard InChI is InChI=1S/C14H15BrN4O/c1-10-7-11(2)19(18-10)9-14(20)17-16-8-12-3-5-13(15)6-4-12/h3-8H,9H2,1-2H3,(H,17,20)/b16-8-. The van der Waals surface area contributed by atoms with Gasteiger partial charge in [-0.2, -0.15) is 10.2 Å². The fraction of sp³-hybridized carbons (Fsp3) is 0.214. The van der Waals surface area contributed by atoms with Gasteiger partial charge < -0.3 is 0 Å². The molecule has 0 atom stereocenters. The molecule has 0 aliphatic heterocycles. The van der Waals surface area contributed by atoms with Gasteiger partial charge in [0.2, 0.25) is 0 Å². The van der Waals surface area contributed by atoms with Gasteiger partial charge in [0.05, 0.1) is 11.9 Å². The first-order valence-corrected chi connectivity index (χ1v) is 6.92. The summed E-state index contributed by atoms with van der Waals surface area (Å²) in [7, 11) is 0. The van der Waals surface area contributed by atoms with Crippen LogP contribution in [0, 0.1) is 13.8 Å². The minimum absolute atomic E-state index is 0.164. The summed E-state index contributed by atoms with van der Waals surface area (Å²) in [6.45, 7) is 3.98. The van der Waals surface area contributed by atoms with Crippen molar-refractivity contribution in [1.82, 2.24) is 15.2 Å². The maximum absolute atomic E-state index is 11.7. The first-order chi connectivity index (χ1) is 9.54. The SMILES string of the molecule is Cc1cc(C)n(CC(=O)N/N=C\c2ccc(Br)cc2)n1. The number of halogens is 1. The maximum Gasteiger partial charge on any atom is 0.261 e. The fourth-order valence-corrected chi connectivity index (χ4v) is 2.00. The van der Waals surface area contributed by atoms with Crippen molar-refractivity contribution in [2.24, 2.45) is 5.10 Å². The number of hydrogen-bond acceptors (Lipinski definition) is 3. The Balaban J connectivity index is 1.89. The van der Waals surface area contributed by atoms with Gasteiger partial charge in [0.25, 0.3) is 5.91 Å². The van der Waals surface area contributed by atoms with E-state index in [-0.39, 0.29) is 12.5 Å². The highest BCUT2D eigenvalue weighted by Gasteiger charge is 2.05. The number of benzene rings is 1. The number of hydrazone groups is 1. The van der Waals surface area contributed by atoms with Gasteiger partial charge >= 0.3 is 0 Å². The molecule has 6 heteroatoms. The molecule has 0 saturated heterocycles. The molecule has 0 aliphatic rings. The predicted octanol–water partition coefficient (Wildman–Crippen LogP) is 2.41. The Bertz CT molecular complexity index is 631. The Kier molecular flexibility index (Phi) is 4.68. The van der Waals surface area contributed by atoms with Gasteiger partial charge in [0.1, 0.15) is 6.54 Å². The Hall–Kier alpha value is -1.95. The highest BCUT2D eigenvalue weighted by molar-refractivity contribution is 9.10. The van der Waals surface area contributed by atoms with E-state index in [1.54, 1.807) is 10.9 Å². The van der Waals surface area contributed by atoms with Crippen LogP contribution in [-0.4, -0.2) is 21.9 Å². The van der Waals surface area contributed by atoms with Crippen LogP contribution in [0.5, 0.6) is 0 Å². The summed E-state index contributed by atoms with van der Waals surface area (Å²) in [6, 6.07) is 9.57. The van der Waals surface area contributed by atoms with Gasteiger partial charge in [-0.1, -0.05) is 28.1 Å². The number of carbonyl (C=O) groups excluding carboxylic acids is 1.